The van der Waals surface area contributed by atoms with E-state index in [-0.39, 0.29) is 0 Å². The molecular weight excluding hydrogens is 577 g/mol. The molecule has 2 heterocycles. The van der Waals surface area contributed by atoms with E-state index in [9.17, 15) is 0 Å². The standard InChI is InChI=1S/C44H26OS/c1-2-12-28(13-3-1)38-25-31-24-37-41(26-39(31)45-38)46-40-20-10-19-36(44(37)40)43-34-17-8-6-15-32(34)42(33-16-7-9-18-35(33)43)30-22-21-27-11-4-5-14-29(27)23-30/h1-26H. The summed E-state index contributed by atoms with van der Waals surface area (Å²) in [7, 11) is 0. The van der Waals surface area contributed by atoms with Gasteiger partial charge in [0.2, 0.25) is 0 Å². The Hall–Kier alpha value is -5.70. The van der Waals surface area contributed by atoms with Gasteiger partial charge in [-0.05, 0) is 84.9 Å². The Morgan fingerprint density at radius 1 is 0.391 bits per heavy atom. The first-order valence-corrected chi connectivity index (χ1v) is 16.5. The lowest BCUT2D eigenvalue weighted by Gasteiger charge is -2.18. The van der Waals surface area contributed by atoms with Gasteiger partial charge in [-0.2, -0.15) is 0 Å². The first-order chi connectivity index (χ1) is 22.8. The number of rotatable bonds is 3. The van der Waals surface area contributed by atoms with Crippen molar-refractivity contribution >= 4 is 74.8 Å². The first-order valence-electron chi connectivity index (χ1n) is 15.7. The second kappa shape index (κ2) is 9.90. The summed E-state index contributed by atoms with van der Waals surface area (Å²) < 4.78 is 8.91. The summed E-state index contributed by atoms with van der Waals surface area (Å²) in [6.45, 7) is 0. The Morgan fingerprint density at radius 3 is 1.83 bits per heavy atom. The molecule has 10 aromatic rings. The SMILES string of the molecule is c1ccc(-c2cc3cc4c(cc3o2)sc2cccc(-c3c5ccccc5c(-c5ccc6ccccc6c5)c5ccccc35)c24)cc1. The van der Waals surface area contributed by atoms with Gasteiger partial charge in [-0.15, -0.1) is 11.3 Å². The highest BCUT2D eigenvalue weighted by Crippen LogP contribution is 2.48. The highest BCUT2D eigenvalue weighted by Gasteiger charge is 2.20. The zero-order valence-electron chi connectivity index (χ0n) is 24.8. The average molecular weight is 603 g/mol. The van der Waals surface area contributed by atoms with Crippen molar-refractivity contribution in [2.75, 3.05) is 0 Å². The van der Waals surface area contributed by atoms with Crippen molar-refractivity contribution < 1.29 is 4.42 Å². The molecule has 0 atom stereocenters. The molecule has 0 aliphatic rings. The molecule has 0 N–H and O–H groups in total. The quantitative estimate of drug-likeness (QED) is 0.183. The van der Waals surface area contributed by atoms with E-state index in [1.54, 1.807) is 0 Å². The number of hydrogen-bond donors (Lipinski definition) is 0. The fraction of sp³-hybridized carbons (Fsp3) is 0. The van der Waals surface area contributed by atoms with Crippen molar-refractivity contribution in [1.82, 2.24) is 0 Å². The molecule has 8 aromatic carbocycles. The van der Waals surface area contributed by atoms with E-state index in [0.717, 1.165) is 22.3 Å². The largest absolute Gasteiger partial charge is 0.456 e. The monoisotopic (exact) mass is 602 g/mol. The Morgan fingerprint density at radius 2 is 1.07 bits per heavy atom. The van der Waals surface area contributed by atoms with Gasteiger partial charge in [-0.1, -0.05) is 127 Å². The van der Waals surface area contributed by atoms with Crippen molar-refractivity contribution in [1.29, 1.82) is 0 Å². The zero-order chi connectivity index (χ0) is 30.2. The fourth-order valence-corrected chi connectivity index (χ4v) is 8.53. The van der Waals surface area contributed by atoms with Crippen molar-refractivity contribution in [3.8, 4) is 33.6 Å². The number of furan rings is 1. The number of hydrogen-bond acceptors (Lipinski definition) is 2. The molecule has 10 rings (SSSR count). The highest BCUT2D eigenvalue weighted by atomic mass is 32.1. The average Bonchev–Trinajstić information content (AvgIpc) is 3.70. The summed E-state index contributed by atoms with van der Waals surface area (Å²) in [5.41, 5.74) is 7.11. The van der Waals surface area contributed by atoms with Gasteiger partial charge in [0.15, 0.2) is 0 Å². The van der Waals surface area contributed by atoms with Crippen molar-refractivity contribution in [2.24, 2.45) is 0 Å². The van der Waals surface area contributed by atoms with Gasteiger partial charge in [0.05, 0.1) is 0 Å². The van der Waals surface area contributed by atoms with E-state index in [1.165, 1.54) is 74.7 Å². The topological polar surface area (TPSA) is 13.1 Å². The van der Waals surface area contributed by atoms with E-state index in [0.29, 0.717) is 0 Å². The Labute approximate surface area is 269 Å². The Bertz CT molecular complexity index is 2740. The fourth-order valence-electron chi connectivity index (χ4n) is 7.39. The Balaban J connectivity index is 1.28. The van der Waals surface area contributed by atoms with Gasteiger partial charge < -0.3 is 4.42 Å². The van der Waals surface area contributed by atoms with E-state index in [4.69, 9.17) is 4.42 Å². The van der Waals surface area contributed by atoms with Crippen LogP contribution in [0.15, 0.2) is 162 Å². The van der Waals surface area contributed by atoms with Crippen LogP contribution in [0.1, 0.15) is 0 Å². The van der Waals surface area contributed by atoms with Crippen molar-refractivity contribution in [3.05, 3.63) is 158 Å². The molecule has 0 fully saturated rings. The maximum atomic E-state index is 6.38. The molecule has 0 aliphatic heterocycles. The van der Waals surface area contributed by atoms with Crippen LogP contribution < -0.4 is 0 Å². The van der Waals surface area contributed by atoms with Crippen LogP contribution in [0.2, 0.25) is 0 Å². The lowest BCUT2D eigenvalue weighted by Crippen LogP contribution is -1.91. The lowest BCUT2D eigenvalue weighted by atomic mass is 9.84. The second-order valence-corrected chi connectivity index (χ2v) is 13.1. The Kier molecular flexibility index (Phi) is 5.51. The maximum Gasteiger partial charge on any atom is 0.136 e. The number of thiophene rings is 1. The summed E-state index contributed by atoms with van der Waals surface area (Å²) in [5.74, 6) is 0.902. The summed E-state index contributed by atoms with van der Waals surface area (Å²) in [5, 5.41) is 11.3. The van der Waals surface area contributed by atoms with Gasteiger partial charge in [-0.3, -0.25) is 0 Å². The van der Waals surface area contributed by atoms with Gasteiger partial charge in [0.25, 0.3) is 0 Å². The van der Waals surface area contributed by atoms with Gasteiger partial charge >= 0.3 is 0 Å². The molecule has 1 nitrogen and oxygen atoms in total. The number of benzene rings is 8. The van der Waals surface area contributed by atoms with Crippen LogP contribution >= 0.6 is 11.3 Å². The molecular formula is C44H26OS. The molecule has 2 aromatic heterocycles. The molecule has 0 amide bonds. The summed E-state index contributed by atoms with van der Waals surface area (Å²) >= 11 is 1.84. The molecule has 2 heteroatoms. The molecule has 0 radical (unpaired) electrons. The third-order valence-corrected chi connectivity index (χ3v) is 10.5. The summed E-state index contributed by atoms with van der Waals surface area (Å²) in [6, 6.07) is 57.3. The second-order valence-electron chi connectivity index (χ2n) is 12.0. The lowest BCUT2D eigenvalue weighted by molar-refractivity contribution is 0.632. The van der Waals surface area contributed by atoms with Crippen LogP contribution in [0.3, 0.4) is 0 Å². The summed E-state index contributed by atoms with van der Waals surface area (Å²) in [6.07, 6.45) is 0. The van der Waals surface area contributed by atoms with Crippen LogP contribution in [0.25, 0.3) is 97.0 Å². The highest BCUT2D eigenvalue weighted by molar-refractivity contribution is 7.26. The molecule has 46 heavy (non-hydrogen) atoms. The van der Waals surface area contributed by atoms with Crippen LogP contribution in [0.5, 0.6) is 0 Å². The van der Waals surface area contributed by atoms with E-state index in [1.807, 2.05) is 17.4 Å². The third kappa shape index (κ3) is 3.81. The van der Waals surface area contributed by atoms with E-state index < -0.39 is 0 Å². The smallest absolute Gasteiger partial charge is 0.136 e. The predicted molar refractivity (Wildman–Crippen MR) is 198 cm³/mol. The molecule has 0 aliphatic carbocycles. The van der Waals surface area contributed by atoms with Crippen LogP contribution in [-0.2, 0) is 0 Å². The van der Waals surface area contributed by atoms with Gasteiger partial charge in [-0.25, -0.2) is 0 Å². The minimum absolute atomic E-state index is 0.902. The molecule has 0 saturated carbocycles. The first kappa shape index (κ1) is 25.6. The summed E-state index contributed by atoms with van der Waals surface area (Å²) in [4.78, 5) is 0. The van der Waals surface area contributed by atoms with Crippen molar-refractivity contribution in [3.63, 3.8) is 0 Å². The van der Waals surface area contributed by atoms with Crippen molar-refractivity contribution in [2.45, 2.75) is 0 Å². The molecule has 214 valence electrons. The van der Waals surface area contributed by atoms with E-state index in [2.05, 4.69) is 152 Å². The van der Waals surface area contributed by atoms with Gasteiger partial charge in [0, 0.05) is 31.1 Å². The molecule has 0 spiro atoms. The van der Waals surface area contributed by atoms with E-state index >= 15 is 0 Å². The van der Waals surface area contributed by atoms with Crippen LogP contribution in [-0.4, -0.2) is 0 Å². The molecule has 0 unspecified atom stereocenters. The van der Waals surface area contributed by atoms with Crippen LogP contribution in [0.4, 0.5) is 0 Å². The minimum atomic E-state index is 0.902. The minimum Gasteiger partial charge on any atom is -0.456 e. The van der Waals surface area contributed by atoms with Gasteiger partial charge in [0.1, 0.15) is 11.3 Å². The predicted octanol–water partition coefficient (Wildman–Crippen LogP) is 13.3. The molecule has 0 saturated heterocycles. The maximum absolute atomic E-state index is 6.38. The normalized spacial score (nSPS) is 11.9. The van der Waals surface area contributed by atoms with Crippen LogP contribution in [0, 0.1) is 0 Å². The number of fused-ring (bicyclic) bond motifs is 7. The molecule has 0 bridgehead atoms. The third-order valence-electron chi connectivity index (χ3n) is 9.43. The zero-order valence-corrected chi connectivity index (χ0v) is 25.6.